The molecule has 1 saturated heterocycles. The fourth-order valence-electron chi connectivity index (χ4n) is 3.38. The molecule has 1 aromatic carbocycles. The summed E-state index contributed by atoms with van der Waals surface area (Å²) in [6, 6.07) is 1.67. The quantitative estimate of drug-likeness (QED) is 0.810. The Morgan fingerprint density at radius 1 is 1.38 bits per heavy atom. The lowest BCUT2D eigenvalue weighted by atomic mass is 10.1. The van der Waals surface area contributed by atoms with Gasteiger partial charge in [-0.1, -0.05) is 0 Å². The zero-order valence-electron chi connectivity index (χ0n) is 12.2. The van der Waals surface area contributed by atoms with E-state index in [1.165, 1.54) is 21.9 Å². The van der Waals surface area contributed by atoms with E-state index >= 15 is 0 Å². The molecule has 0 bridgehead atoms. The maximum atomic E-state index is 14.3. The predicted octanol–water partition coefficient (Wildman–Crippen LogP) is 2.50. The molecule has 0 unspecified atom stereocenters. The van der Waals surface area contributed by atoms with E-state index in [-0.39, 0.29) is 17.1 Å². The smallest absolute Gasteiger partial charge is 0.449 e. The zero-order valence-corrected chi connectivity index (χ0v) is 12.2. The number of aromatic nitrogens is 2. The van der Waals surface area contributed by atoms with E-state index in [0.29, 0.717) is 25.1 Å². The maximum absolute atomic E-state index is 14.3. The molecule has 2 aliphatic rings. The van der Waals surface area contributed by atoms with E-state index in [0.717, 1.165) is 6.07 Å². The molecule has 3 heterocycles. The fourth-order valence-corrected chi connectivity index (χ4v) is 3.38. The number of imidazole rings is 1. The SMILES string of the molecule is O=C(O)Oc1ncn2c1[C@@H]1CCCN1C(=O)c1c-2ccc(F)c1F. The van der Waals surface area contributed by atoms with Crippen LogP contribution in [0.4, 0.5) is 13.6 Å². The molecule has 7 nitrogen and oxygen atoms in total. The molecule has 1 fully saturated rings. The van der Waals surface area contributed by atoms with Crippen molar-refractivity contribution in [2.45, 2.75) is 18.9 Å². The zero-order chi connectivity index (χ0) is 17.0. The minimum absolute atomic E-state index is 0.107. The second-order valence-corrected chi connectivity index (χ2v) is 5.59. The van der Waals surface area contributed by atoms with Crippen LogP contribution < -0.4 is 4.74 Å². The molecule has 1 N–H and O–H groups in total. The number of carboxylic acid groups (broad SMARTS) is 1. The van der Waals surface area contributed by atoms with E-state index in [1.54, 1.807) is 0 Å². The van der Waals surface area contributed by atoms with Gasteiger partial charge in [0.25, 0.3) is 5.91 Å². The van der Waals surface area contributed by atoms with Gasteiger partial charge in [0.05, 0.1) is 11.7 Å². The molecule has 24 heavy (non-hydrogen) atoms. The van der Waals surface area contributed by atoms with Crippen LogP contribution in [0.25, 0.3) is 5.69 Å². The van der Waals surface area contributed by atoms with Crippen molar-refractivity contribution < 1.29 is 28.2 Å². The van der Waals surface area contributed by atoms with Crippen LogP contribution >= 0.6 is 0 Å². The molecule has 0 radical (unpaired) electrons. The molecule has 0 saturated carbocycles. The topological polar surface area (TPSA) is 84.7 Å². The van der Waals surface area contributed by atoms with E-state index in [2.05, 4.69) is 4.98 Å². The highest BCUT2D eigenvalue weighted by Gasteiger charge is 2.41. The molecule has 0 aliphatic carbocycles. The Kier molecular flexibility index (Phi) is 3.05. The number of carbonyl (C=O) groups excluding carboxylic acids is 1. The molecule has 1 atom stereocenters. The summed E-state index contributed by atoms with van der Waals surface area (Å²) >= 11 is 0. The number of carbonyl (C=O) groups is 2. The number of rotatable bonds is 1. The van der Waals surface area contributed by atoms with Crippen molar-refractivity contribution in [3.63, 3.8) is 0 Å². The van der Waals surface area contributed by atoms with E-state index < -0.39 is 29.7 Å². The van der Waals surface area contributed by atoms with Gasteiger partial charge < -0.3 is 14.7 Å². The van der Waals surface area contributed by atoms with Gasteiger partial charge in [0.1, 0.15) is 17.6 Å². The van der Waals surface area contributed by atoms with Crippen LogP contribution in [-0.4, -0.2) is 38.2 Å². The first kappa shape index (κ1) is 14.6. The Morgan fingerprint density at radius 3 is 2.92 bits per heavy atom. The minimum Gasteiger partial charge on any atom is -0.449 e. The molecule has 1 amide bonds. The molecule has 124 valence electrons. The summed E-state index contributed by atoms with van der Waals surface area (Å²) in [4.78, 5) is 28.9. The maximum Gasteiger partial charge on any atom is 0.512 e. The summed E-state index contributed by atoms with van der Waals surface area (Å²) in [7, 11) is 0. The normalized spacial score (nSPS) is 18.7. The van der Waals surface area contributed by atoms with Crippen molar-refractivity contribution in [3.8, 4) is 11.6 Å². The number of nitrogens with zero attached hydrogens (tertiary/aromatic N) is 3. The summed E-state index contributed by atoms with van der Waals surface area (Å²) < 4.78 is 34.0. The first-order valence-electron chi connectivity index (χ1n) is 7.26. The van der Waals surface area contributed by atoms with Gasteiger partial charge in [-0.15, -0.1) is 0 Å². The first-order chi connectivity index (χ1) is 11.5. The van der Waals surface area contributed by atoms with Crippen LogP contribution in [-0.2, 0) is 0 Å². The average molecular weight is 335 g/mol. The van der Waals surface area contributed by atoms with Crippen LogP contribution in [0.3, 0.4) is 0 Å². The van der Waals surface area contributed by atoms with Crippen molar-refractivity contribution in [2.75, 3.05) is 6.54 Å². The predicted molar refractivity (Wildman–Crippen MR) is 75.1 cm³/mol. The van der Waals surface area contributed by atoms with E-state index in [1.807, 2.05) is 0 Å². The fraction of sp³-hybridized carbons (Fsp3) is 0.267. The lowest BCUT2D eigenvalue weighted by molar-refractivity contribution is 0.0731. The van der Waals surface area contributed by atoms with Crippen LogP contribution in [0.2, 0.25) is 0 Å². The lowest BCUT2D eigenvalue weighted by Crippen LogP contribution is -2.30. The highest BCUT2D eigenvalue weighted by molar-refractivity contribution is 5.99. The third-order valence-corrected chi connectivity index (χ3v) is 4.33. The number of benzene rings is 1. The molecule has 2 aliphatic heterocycles. The summed E-state index contributed by atoms with van der Waals surface area (Å²) in [6.45, 7) is 0.358. The molecule has 4 rings (SSSR count). The van der Waals surface area contributed by atoms with Crippen molar-refractivity contribution in [3.05, 3.63) is 41.4 Å². The van der Waals surface area contributed by atoms with Crippen LogP contribution in [0.1, 0.15) is 34.9 Å². The number of halogens is 2. The second kappa shape index (κ2) is 5.02. The lowest BCUT2D eigenvalue weighted by Gasteiger charge is -2.22. The minimum atomic E-state index is -1.54. The van der Waals surface area contributed by atoms with Crippen molar-refractivity contribution in [1.29, 1.82) is 0 Å². The number of amides is 1. The van der Waals surface area contributed by atoms with Gasteiger partial charge in [0, 0.05) is 6.54 Å². The number of hydrogen-bond donors (Lipinski definition) is 1. The second-order valence-electron chi connectivity index (χ2n) is 5.59. The summed E-state index contributed by atoms with van der Waals surface area (Å²) in [5.74, 6) is -3.15. The van der Waals surface area contributed by atoms with Crippen LogP contribution in [0, 0.1) is 11.6 Å². The van der Waals surface area contributed by atoms with Crippen LogP contribution in [0.5, 0.6) is 5.88 Å². The molecular weight excluding hydrogens is 324 g/mol. The monoisotopic (exact) mass is 335 g/mol. The summed E-state index contributed by atoms with van der Waals surface area (Å²) in [5, 5.41) is 8.86. The largest absolute Gasteiger partial charge is 0.512 e. The third-order valence-electron chi connectivity index (χ3n) is 4.33. The van der Waals surface area contributed by atoms with Gasteiger partial charge in [-0.05, 0) is 25.0 Å². The molecule has 2 aromatic rings. The number of hydrogen-bond acceptors (Lipinski definition) is 4. The number of ether oxygens (including phenoxy) is 1. The van der Waals surface area contributed by atoms with E-state index in [4.69, 9.17) is 9.84 Å². The highest BCUT2D eigenvalue weighted by atomic mass is 19.2. The Balaban J connectivity index is 2.01. The highest BCUT2D eigenvalue weighted by Crippen LogP contribution is 2.42. The van der Waals surface area contributed by atoms with Gasteiger partial charge >= 0.3 is 6.16 Å². The Morgan fingerprint density at radius 2 is 2.17 bits per heavy atom. The summed E-state index contributed by atoms with van der Waals surface area (Å²) in [5.41, 5.74) is 0.0592. The standard InChI is InChI=1S/C15H11F2N3O4/c16-7-3-4-8-10(11(7)17)14(21)19-5-1-2-9(19)12-13(24-15(22)23)18-6-20(8)12/h3-4,6,9H,1-2,5H2,(H,22,23)/t9-/m0/s1. The molecule has 0 spiro atoms. The van der Waals surface area contributed by atoms with Crippen LogP contribution in [0.15, 0.2) is 18.5 Å². The van der Waals surface area contributed by atoms with Crippen molar-refractivity contribution >= 4 is 12.1 Å². The Labute approximate surface area is 134 Å². The molecule has 9 heteroatoms. The van der Waals surface area contributed by atoms with Gasteiger partial charge in [0.2, 0.25) is 5.88 Å². The van der Waals surface area contributed by atoms with Gasteiger partial charge in [0.15, 0.2) is 11.6 Å². The van der Waals surface area contributed by atoms with Gasteiger partial charge in [-0.25, -0.2) is 18.6 Å². The molecule has 1 aromatic heterocycles. The van der Waals surface area contributed by atoms with Gasteiger partial charge in [-0.2, -0.15) is 0 Å². The number of fused-ring (bicyclic) bond motifs is 5. The van der Waals surface area contributed by atoms with E-state index in [9.17, 15) is 18.4 Å². The first-order valence-corrected chi connectivity index (χ1v) is 7.26. The van der Waals surface area contributed by atoms with Crippen molar-refractivity contribution in [2.24, 2.45) is 0 Å². The Bertz CT molecular complexity index is 880. The average Bonchev–Trinajstić information content (AvgIpc) is 3.13. The summed E-state index contributed by atoms with van der Waals surface area (Å²) in [6.07, 6.45) is 0.909. The Hall–Kier alpha value is -2.97. The molecular formula is C15H11F2N3O4. The van der Waals surface area contributed by atoms with Gasteiger partial charge in [-0.3, -0.25) is 9.36 Å². The van der Waals surface area contributed by atoms with Crippen molar-refractivity contribution in [1.82, 2.24) is 14.5 Å². The third kappa shape index (κ3) is 1.90.